The summed E-state index contributed by atoms with van der Waals surface area (Å²) in [5, 5.41) is 7.29. The fourth-order valence-electron chi connectivity index (χ4n) is 3.08. The second-order valence-electron chi connectivity index (χ2n) is 5.98. The number of aromatic nitrogens is 3. The highest BCUT2D eigenvalue weighted by Gasteiger charge is 2.35. The fraction of sp³-hybridized carbons (Fsp3) is 0.857. The first-order valence-corrected chi connectivity index (χ1v) is 9.50. The Morgan fingerprint density at radius 3 is 2.81 bits per heavy atom. The normalized spacial score (nSPS) is 23.3. The molecule has 1 fully saturated rings. The minimum Gasteiger partial charge on any atom is -0.313 e. The summed E-state index contributed by atoms with van der Waals surface area (Å²) in [6, 6.07) is 0.148. The van der Waals surface area contributed by atoms with Crippen LogP contribution >= 0.6 is 0 Å². The van der Waals surface area contributed by atoms with Crippen molar-refractivity contribution in [3.63, 3.8) is 0 Å². The van der Waals surface area contributed by atoms with Gasteiger partial charge in [0.05, 0.1) is 11.0 Å². The van der Waals surface area contributed by atoms with Crippen LogP contribution in [0.4, 0.5) is 0 Å². The molecule has 2 rings (SSSR count). The predicted octanol–water partition coefficient (Wildman–Crippen LogP) is 1.35. The molecule has 21 heavy (non-hydrogen) atoms. The summed E-state index contributed by atoms with van der Waals surface area (Å²) in [6.07, 6.45) is 4.68. The molecule has 0 radical (unpaired) electrons. The Kier molecular flexibility index (Phi) is 5.37. The molecule has 2 unspecified atom stereocenters. The third kappa shape index (κ3) is 3.83. The van der Waals surface area contributed by atoms with Gasteiger partial charge in [0.25, 0.3) is 0 Å². The van der Waals surface area contributed by atoms with Gasteiger partial charge in [-0.3, -0.25) is 0 Å². The molecule has 7 heteroatoms. The second-order valence-corrected chi connectivity index (χ2v) is 8.32. The maximum absolute atomic E-state index is 12.4. The highest BCUT2D eigenvalue weighted by atomic mass is 32.2. The average Bonchev–Trinajstić information content (AvgIpc) is 2.86. The summed E-state index contributed by atoms with van der Waals surface area (Å²) in [5.41, 5.74) is 0. The molecule has 1 aliphatic heterocycles. The Bertz CT molecular complexity index is 553. The van der Waals surface area contributed by atoms with Crippen molar-refractivity contribution in [1.82, 2.24) is 20.1 Å². The summed E-state index contributed by atoms with van der Waals surface area (Å²) >= 11 is 0. The van der Waals surface area contributed by atoms with Crippen LogP contribution in [0.1, 0.15) is 51.9 Å². The fourth-order valence-corrected chi connectivity index (χ4v) is 5.20. The van der Waals surface area contributed by atoms with E-state index in [4.69, 9.17) is 0 Å². The number of hydrogen-bond donors (Lipinski definition) is 1. The molecule has 1 aromatic heterocycles. The quantitative estimate of drug-likeness (QED) is 0.857. The van der Waals surface area contributed by atoms with Gasteiger partial charge >= 0.3 is 0 Å². The third-order valence-corrected chi connectivity index (χ3v) is 6.43. The monoisotopic (exact) mass is 314 g/mol. The Hall–Kier alpha value is -0.950. The minimum absolute atomic E-state index is 0.0815. The molecule has 0 amide bonds. The lowest BCUT2D eigenvalue weighted by Crippen LogP contribution is -2.48. The molecule has 0 saturated carbocycles. The predicted molar refractivity (Wildman–Crippen MR) is 83.0 cm³/mol. The van der Waals surface area contributed by atoms with Crippen molar-refractivity contribution in [3.8, 4) is 0 Å². The molecule has 0 bridgehead atoms. The first kappa shape index (κ1) is 16.4. The van der Waals surface area contributed by atoms with E-state index < -0.39 is 9.84 Å². The molecule has 0 aromatic carbocycles. The topological polar surface area (TPSA) is 76.9 Å². The van der Waals surface area contributed by atoms with Gasteiger partial charge < -0.3 is 5.32 Å². The van der Waals surface area contributed by atoms with Gasteiger partial charge in [0, 0.05) is 18.5 Å². The molecule has 120 valence electrons. The van der Waals surface area contributed by atoms with E-state index in [9.17, 15) is 8.42 Å². The van der Waals surface area contributed by atoms with Crippen molar-refractivity contribution in [1.29, 1.82) is 0 Å². The lowest BCUT2D eigenvalue weighted by Gasteiger charge is -2.30. The molecule has 2 atom stereocenters. The van der Waals surface area contributed by atoms with Gasteiger partial charge in [-0.25, -0.2) is 18.1 Å². The standard InChI is InChI=1S/C14H26N4O2S/c1-4-15-12(13-7-5-6-8-21(13,19)20)9-14-16-10-17-18(14)11(2)3/h10-13,15H,4-9H2,1-3H3. The first-order chi connectivity index (χ1) is 9.95. The zero-order chi connectivity index (χ0) is 15.5. The second kappa shape index (κ2) is 6.87. The SMILES string of the molecule is CCNC(Cc1ncnn1C(C)C)C1CCCCS1(=O)=O. The Morgan fingerprint density at radius 1 is 1.43 bits per heavy atom. The molecule has 1 saturated heterocycles. The van der Waals surface area contributed by atoms with Gasteiger partial charge in [0.15, 0.2) is 9.84 Å². The molecular weight excluding hydrogens is 288 g/mol. The zero-order valence-corrected chi connectivity index (χ0v) is 13.9. The lowest BCUT2D eigenvalue weighted by atomic mass is 10.0. The molecule has 6 nitrogen and oxygen atoms in total. The van der Waals surface area contributed by atoms with E-state index in [-0.39, 0.29) is 17.3 Å². The van der Waals surface area contributed by atoms with E-state index in [1.807, 2.05) is 11.6 Å². The van der Waals surface area contributed by atoms with Crippen LogP contribution in [0.5, 0.6) is 0 Å². The highest BCUT2D eigenvalue weighted by Crippen LogP contribution is 2.24. The van der Waals surface area contributed by atoms with Crippen molar-refractivity contribution in [3.05, 3.63) is 12.2 Å². The van der Waals surface area contributed by atoms with Crippen molar-refractivity contribution in [2.24, 2.45) is 0 Å². The minimum atomic E-state index is -3.00. The van der Waals surface area contributed by atoms with Crippen LogP contribution in [0.3, 0.4) is 0 Å². The molecule has 1 N–H and O–H groups in total. The van der Waals surface area contributed by atoms with E-state index >= 15 is 0 Å². The van der Waals surface area contributed by atoms with E-state index in [1.54, 1.807) is 6.33 Å². The summed E-state index contributed by atoms with van der Waals surface area (Å²) < 4.78 is 26.6. The van der Waals surface area contributed by atoms with Crippen LogP contribution in [-0.4, -0.2) is 46.8 Å². The molecular formula is C14H26N4O2S. The number of hydrogen-bond acceptors (Lipinski definition) is 5. The summed E-state index contributed by atoms with van der Waals surface area (Å²) in [7, 11) is -3.00. The molecule has 1 aromatic rings. The number of nitrogens with one attached hydrogen (secondary N) is 1. The molecule has 1 aliphatic rings. The van der Waals surface area contributed by atoms with Gasteiger partial charge in [-0.2, -0.15) is 5.10 Å². The van der Waals surface area contributed by atoms with Crippen LogP contribution in [-0.2, 0) is 16.3 Å². The van der Waals surface area contributed by atoms with E-state index in [0.29, 0.717) is 12.2 Å². The van der Waals surface area contributed by atoms with Gasteiger partial charge in [-0.05, 0) is 33.2 Å². The van der Waals surface area contributed by atoms with Gasteiger partial charge in [0.2, 0.25) is 0 Å². The highest BCUT2D eigenvalue weighted by molar-refractivity contribution is 7.92. The van der Waals surface area contributed by atoms with Crippen LogP contribution in [0, 0.1) is 0 Å². The Labute approximate surface area is 127 Å². The Morgan fingerprint density at radius 2 is 2.19 bits per heavy atom. The number of sulfone groups is 1. The molecule has 0 spiro atoms. The largest absolute Gasteiger partial charge is 0.313 e. The Balaban J connectivity index is 2.21. The third-order valence-electron chi connectivity index (χ3n) is 4.08. The van der Waals surface area contributed by atoms with Crippen LogP contribution < -0.4 is 5.32 Å². The number of rotatable bonds is 6. The van der Waals surface area contributed by atoms with E-state index in [0.717, 1.165) is 31.6 Å². The average molecular weight is 314 g/mol. The zero-order valence-electron chi connectivity index (χ0n) is 13.1. The summed E-state index contributed by atoms with van der Waals surface area (Å²) in [6.45, 7) is 6.87. The van der Waals surface area contributed by atoms with Crippen molar-refractivity contribution in [2.75, 3.05) is 12.3 Å². The first-order valence-electron chi connectivity index (χ1n) is 7.79. The maximum atomic E-state index is 12.4. The number of likely N-dealkylation sites (N-methyl/N-ethyl adjacent to an activating group) is 1. The van der Waals surface area contributed by atoms with Crippen molar-refractivity contribution < 1.29 is 8.42 Å². The lowest BCUT2D eigenvalue weighted by molar-refractivity contribution is 0.418. The summed E-state index contributed by atoms with van der Waals surface area (Å²) in [4.78, 5) is 4.32. The van der Waals surface area contributed by atoms with Crippen molar-refractivity contribution >= 4 is 9.84 Å². The number of nitrogens with zero attached hydrogens (tertiary/aromatic N) is 3. The van der Waals surface area contributed by atoms with Gasteiger partial charge in [-0.15, -0.1) is 0 Å². The van der Waals surface area contributed by atoms with Crippen molar-refractivity contribution in [2.45, 2.75) is 63.8 Å². The van der Waals surface area contributed by atoms with Gasteiger partial charge in [0.1, 0.15) is 12.2 Å². The van der Waals surface area contributed by atoms with E-state index in [2.05, 4.69) is 29.2 Å². The van der Waals surface area contributed by atoms with Crippen LogP contribution in [0.25, 0.3) is 0 Å². The smallest absolute Gasteiger partial charge is 0.154 e. The van der Waals surface area contributed by atoms with Gasteiger partial charge in [-0.1, -0.05) is 13.3 Å². The summed E-state index contributed by atoms with van der Waals surface area (Å²) in [5.74, 6) is 1.17. The molecule has 0 aliphatic carbocycles. The van der Waals surface area contributed by atoms with E-state index in [1.165, 1.54) is 0 Å². The van der Waals surface area contributed by atoms with Crippen LogP contribution in [0.15, 0.2) is 6.33 Å². The maximum Gasteiger partial charge on any atom is 0.154 e. The molecule has 2 heterocycles. The van der Waals surface area contributed by atoms with Crippen LogP contribution in [0.2, 0.25) is 0 Å².